The minimum atomic E-state index is 0.802. The van der Waals surface area contributed by atoms with Gasteiger partial charge in [-0.3, -0.25) is 0 Å². The van der Waals surface area contributed by atoms with Crippen LogP contribution in [0.15, 0.2) is 79.9 Å². The summed E-state index contributed by atoms with van der Waals surface area (Å²) in [6.07, 6.45) is 17.2. The minimum Gasteiger partial charge on any atom is -0.106 e. The van der Waals surface area contributed by atoms with Crippen LogP contribution in [0.5, 0.6) is 0 Å². The quantitative estimate of drug-likeness (QED) is 0.220. The van der Waals surface area contributed by atoms with Crippen molar-refractivity contribution in [2.45, 2.75) is 88.0 Å². The van der Waals surface area contributed by atoms with Crippen molar-refractivity contribution in [3.05, 3.63) is 108 Å². The lowest BCUT2D eigenvalue weighted by atomic mass is 9.79. The van der Waals surface area contributed by atoms with Crippen molar-refractivity contribution in [3.8, 4) is 23.0 Å². The van der Waals surface area contributed by atoms with Crippen LogP contribution in [0.1, 0.15) is 95.0 Å². The van der Waals surface area contributed by atoms with Gasteiger partial charge in [-0.05, 0) is 90.6 Å². The average molecular weight is 495 g/mol. The van der Waals surface area contributed by atoms with E-state index in [1.807, 2.05) is 27.7 Å². The van der Waals surface area contributed by atoms with Gasteiger partial charge in [0.25, 0.3) is 0 Å². The third-order valence-electron chi connectivity index (χ3n) is 6.06. The number of hydrogen-bond donors (Lipinski definition) is 0. The summed E-state index contributed by atoms with van der Waals surface area (Å²) in [4.78, 5) is 0. The molecular weight excluding hydrogens is 444 g/mol. The molecule has 0 spiro atoms. The zero-order valence-corrected chi connectivity index (χ0v) is 25.1. The van der Waals surface area contributed by atoms with Crippen molar-refractivity contribution >= 4 is 11.1 Å². The minimum absolute atomic E-state index is 0.802. The Bertz CT molecular complexity index is 1120. The van der Waals surface area contributed by atoms with Gasteiger partial charge in [-0.1, -0.05) is 113 Å². The Morgan fingerprint density at radius 1 is 0.865 bits per heavy atom. The summed E-state index contributed by atoms with van der Waals surface area (Å²) >= 11 is 0. The van der Waals surface area contributed by atoms with E-state index in [1.165, 1.54) is 50.1 Å². The van der Waals surface area contributed by atoms with Crippen LogP contribution in [0.2, 0.25) is 0 Å². The molecule has 0 N–H and O–H groups in total. The van der Waals surface area contributed by atoms with Gasteiger partial charge in [-0.25, -0.2) is 0 Å². The largest absolute Gasteiger partial charge is 0.106 e. The lowest BCUT2D eigenvalue weighted by molar-refractivity contribution is 1.22. The molecule has 0 heteroatoms. The molecule has 2 aromatic carbocycles. The lowest BCUT2D eigenvalue weighted by Crippen LogP contribution is -2.05. The van der Waals surface area contributed by atoms with Gasteiger partial charge in [0.05, 0.1) is 0 Å². The monoisotopic (exact) mass is 494 g/mol. The molecule has 0 fully saturated rings. The maximum Gasteiger partial charge on any atom is 0.0343 e. The molecule has 37 heavy (non-hydrogen) atoms. The van der Waals surface area contributed by atoms with Crippen LogP contribution in [0.4, 0.5) is 0 Å². The van der Waals surface area contributed by atoms with Crippen LogP contribution in [-0.2, 0) is 0 Å². The summed E-state index contributed by atoms with van der Waals surface area (Å²) in [5.41, 5.74) is 12.1. The maximum atomic E-state index is 3.40. The zero-order valence-electron chi connectivity index (χ0n) is 25.1. The molecule has 0 saturated carbocycles. The molecule has 0 radical (unpaired) electrons. The first kappa shape index (κ1) is 33.7. The van der Waals surface area contributed by atoms with Crippen molar-refractivity contribution in [2.24, 2.45) is 0 Å². The fraction of sp³-hybridized carbons (Fsp3) is 0.351. The second-order valence-electron chi connectivity index (χ2n) is 8.09. The molecule has 0 atom stereocenters. The van der Waals surface area contributed by atoms with E-state index in [-0.39, 0.29) is 0 Å². The van der Waals surface area contributed by atoms with E-state index in [4.69, 9.17) is 0 Å². The molecule has 0 unspecified atom stereocenters. The van der Waals surface area contributed by atoms with Crippen LogP contribution in [-0.4, -0.2) is 0 Å². The Balaban J connectivity index is 0.00000201. The highest BCUT2D eigenvalue weighted by Gasteiger charge is 2.21. The van der Waals surface area contributed by atoms with E-state index >= 15 is 0 Å². The van der Waals surface area contributed by atoms with E-state index in [0.29, 0.717) is 0 Å². The smallest absolute Gasteiger partial charge is 0.0343 e. The van der Waals surface area contributed by atoms with Crippen LogP contribution in [0, 0.1) is 32.6 Å². The predicted octanol–water partition coefficient (Wildman–Crippen LogP) is 11.6. The summed E-state index contributed by atoms with van der Waals surface area (Å²) in [6, 6.07) is 10.8. The second kappa shape index (κ2) is 19.8. The highest BCUT2D eigenvalue weighted by atomic mass is 14.2. The Morgan fingerprint density at radius 2 is 1.49 bits per heavy atom. The molecule has 0 heterocycles. The Morgan fingerprint density at radius 3 is 2.08 bits per heavy atom. The molecule has 0 saturated heterocycles. The number of allylic oxidation sites excluding steroid dienone is 8. The lowest BCUT2D eigenvalue weighted by Gasteiger charge is -2.24. The third kappa shape index (κ3) is 9.26. The summed E-state index contributed by atoms with van der Waals surface area (Å²) in [5.74, 6) is 6.70. The first-order valence-corrected chi connectivity index (χ1v) is 13.9. The molecule has 3 rings (SSSR count). The van der Waals surface area contributed by atoms with E-state index < -0.39 is 0 Å². The first-order valence-electron chi connectivity index (χ1n) is 13.9. The normalized spacial score (nSPS) is 14.8. The van der Waals surface area contributed by atoms with Crippen LogP contribution in [0.3, 0.4) is 0 Å². The SMILES string of the molecule is C/C=C(\C=C/CC)c1c(C)c(/C2=C/C/C=C\CC#CC2)c(C)c(-c2ccccc2)c1C.C=C.CC.CC. The molecule has 1 aliphatic carbocycles. The van der Waals surface area contributed by atoms with Crippen LogP contribution < -0.4 is 0 Å². The summed E-state index contributed by atoms with van der Waals surface area (Å²) in [5, 5.41) is 0. The van der Waals surface area contributed by atoms with Crippen molar-refractivity contribution in [1.82, 2.24) is 0 Å². The Labute approximate surface area is 229 Å². The Kier molecular flexibility index (Phi) is 18.1. The van der Waals surface area contributed by atoms with E-state index in [1.54, 1.807) is 0 Å². The van der Waals surface area contributed by atoms with Gasteiger partial charge >= 0.3 is 0 Å². The topological polar surface area (TPSA) is 0 Å². The summed E-state index contributed by atoms with van der Waals surface area (Å²) in [7, 11) is 0. The molecule has 0 nitrogen and oxygen atoms in total. The van der Waals surface area contributed by atoms with Gasteiger partial charge in [0.1, 0.15) is 0 Å². The standard InChI is InChI=1S/C31H34.2C2H6.C2H4/c1-6-8-18-26(7-2)29-23(3)30(27-19-14-11-9-10-12-15-20-27)25(5)31(24(29)4)28-21-16-13-17-22-28;3*1-2/h7-9,11,13,16-19,21-22H,6,10,14,20H2,1-5H3;2*1-2H3;1-2H2/b11-9-,18-8-,26-7+,27-19+;;;. The molecule has 0 aliphatic heterocycles. The van der Waals surface area contributed by atoms with Gasteiger partial charge in [0.2, 0.25) is 0 Å². The van der Waals surface area contributed by atoms with E-state index in [2.05, 4.69) is 126 Å². The molecule has 0 bridgehead atoms. The third-order valence-corrected chi connectivity index (χ3v) is 6.06. The molecule has 0 amide bonds. The molecule has 1 aliphatic rings. The maximum absolute atomic E-state index is 3.40. The van der Waals surface area contributed by atoms with Crippen molar-refractivity contribution in [1.29, 1.82) is 0 Å². The van der Waals surface area contributed by atoms with E-state index in [9.17, 15) is 0 Å². The van der Waals surface area contributed by atoms with Gasteiger partial charge in [0.15, 0.2) is 0 Å². The highest BCUT2D eigenvalue weighted by Crippen LogP contribution is 2.41. The van der Waals surface area contributed by atoms with Crippen molar-refractivity contribution in [2.75, 3.05) is 0 Å². The predicted molar refractivity (Wildman–Crippen MR) is 172 cm³/mol. The summed E-state index contributed by atoms with van der Waals surface area (Å²) in [6.45, 7) is 25.2. The Hall–Kier alpha value is -3.30. The van der Waals surface area contributed by atoms with Crippen LogP contribution in [0.25, 0.3) is 22.3 Å². The van der Waals surface area contributed by atoms with Crippen LogP contribution >= 0.6 is 0 Å². The molecular formula is C37H50. The number of rotatable bonds is 5. The zero-order chi connectivity index (χ0) is 28.2. The van der Waals surface area contributed by atoms with Gasteiger partial charge in [-0.2, -0.15) is 0 Å². The first-order chi connectivity index (χ1) is 18.1. The average Bonchev–Trinajstić information content (AvgIpc) is 3.09. The van der Waals surface area contributed by atoms with Crippen molar-refractivity contribution < 1.29 is 0 Å². The van der Waals surface area contributed by atoms with E-state index in [0.717, 1.165) is 25.7 Å². The van der Waals surface area contributed by atoms with Crippen molar-refractivity contribution in [3.63, 3.8) is 0 Å². The number of hydrogen-bond acceptors (Lipinski definition) is 0. The second-order valence-corrected chi connectivity index (χ2v) is 8.09. The fourth-order valence-corrected chi connectivity index (χ4v) is 4.68. The van der Waals surface area contributed by atoms with Gasteiger partial charge in [-0.15, -0.1) is 13.2 Å². The summed E-state index contributed by atoms with van der Waals surface area (Å²) < 4.78 is 0. The highest BCUT2D eigenvalue weighted by molar-refractivity contribution is 5.90. The molecule has 2 aromatic rings. The number of benzene rings is 2. The molecule has 0 aromatic heterocycles. The van der Waals surface area contributed by atoms with Gasteiger partial charge in [0, 0.05) is 12.8 Å². The molecule has 198 valence electrons. The fourth-order valence-electron chi connectivity index (χ4n) is 4.68. The van der Waals surface area contributed by atoms with Gasteiger partial charge < -0.3 is 0 Å².